The van der Waals surface area contributed by atoms with E-state index in [9.17, 15) is 14.4 Å². The molecule has 1 heterocycles. The minimum atomic E-state index is -1.02. The highest BCUT2D eigenvalue weighted by Gasteiger charge is 2.30. The first-order valence-corrected chi connectivity index (χ1v) is 8.59. The molecule has 1 N–H and O–H groups in total. The number of amides is 2. The molecule has 0 bridgehead atoms. The Morgan fingerprint density at radius 1 is 1.19 bits per heavy atom. The minimum absolute atomic E-state index is 0.114. The summed E-state index contributed by atoms with van der Waals surface area (Å²) < 4.78 is 5.22. The first-order chi connectivity index (χ1) is 12.9. The second kappa shape index (κ2) is 7.86. The summed E-state index contributed by atoms with van der Waals surface area (Å²) in [6.45, 7) is 3.34. The van der Waals surface area contributed by atoms with Gasteiger partial charge in [0.15, 0.2) is 6.10 Å². The van der Waals surface area contributed by atoms with Crippen molar-refractivity contribution in [1.82, 2.24) is 0 Å². The fraction of sp³-hybridized carbons (Fsp3) is 0.190. The van der Waals surface area contributed by atoms with Crippen molar-refractivity contribution in [2.75, 3.05) is 16.8 Å². The molecule has 2 aromatic carbocycles. The zero-order valence-electron chi connectivity index (χ0n) is 15.1. The maximum absolute atomic E-state index is 12.7. The van der Waals surface area contributed by atoms with Gasteiger partial charge in [0.25, 0.3) is 5.91 Å². The Balaban J connectivity index is 1.67. The summed E-state index contributed by atoms with van der Waals surface area (Å²) in [5.41, 5.74) is 3.09. The molecule has 0 aromatic heterocycles. The molecule has 0 saturated carbocycles. The lowest BCUT2D eigenvalue weighted by molar-refractivity contribution is -0.149. The largest absolute Gasteiger partial charge is 0.449 e. The van der Waals surface area contributed by atoms with E-state index < -0.39 is 18.0 Å². The number of para-hydroxylation sites is 2. The number of anilines is 2. The Hall–Kier alpha value is -3.41. The number of benzene rings is 2. The molecule has 0 saturated heterocycles. The van der Waals surface area contributed by atoms with Crippen molar-refractivity contribution in [2.45, 2.75) is 20.0 Å². The maximum atomic E-state index is 12.7. The predicted molar refractivity (Wildman–Crippen MR) is 103 cm³/mol. The van der Waals surface area contributed by atoms with E-state index in [1.807, 2.05) is 31.2 Å². The van der Waals surface area contributed by atoms with Crippen molar-refractivity contribution in [3.05, 3.63) is 65.7 Å². The Morgan fingerprint density at radius 2 is 1.96 bits per heavy atom. The maximum Gasteiger partial charge on any atom is 0.331 e. The van der Waals surface area contributed by atoms with Crippen molar-refractivity contribution in [3.63, 3.8) is 0 Å². The number of esters is 1. The minimum Gasteiger partial charge on any atom is -0.449 e. The highest BCUT2D eigenvalue weighted by Crippen LogP contribution is 2.29. The first kappa shape index (κ1) is 18.4. The van der Waals surface area contributed by atoms with Gasteiger partial charge in [-0.2, -0.15) is 0 Å². The third-order valence-corrected chi connectivity index (χ3v) is 4.13. The zero-order valence-corrected chi connectivity index (χ0v) is 15.1. The molecule has 27 heavy (non-hydrogen) atoms. The van der Waals surface area contributed by atoms with E-state index >= 15 is 0 Å². The van der Waals surface area contributed by atoms with E-state index in [0.717, 1.165) is 11.1 Å². The average molecular weight is 364 g/mol. The van der Waals surface area contributed by atoms with Crippen LogP contribution in [0.4, 0.5) is 11.4 Å². The second-order valence-electron chi connectivity index (χ2n) is 6.32. The van der Waals surface area contributed by atoms with E-state index in [0.29, 0.717) is 11.4 Å². The van der Waals surface area contributed by atoms with Crippen molar-refractivity contribution < 1.29 is 19.1 Å². The number of hydrogen-bond acceptors (Lipinski definition) is 4. The quantitative estimate of drug-likeness (QED) is 0.669. The van der Waals surface area contributed by atoms with Crippen LogP contribution in [0.15, 0.2) is 54.6 Å². The SMILES string of the molecule is Cc1cccc(/C=C/C(=O)O[C@H](C)C(=O)N2CC(=O)Nc3ccccc32)c1. The van der Waals surface area contributed by atoms with Crippen LogP contribution in [-0.4, -0.2) is 30.4 Å². The van der Waals surface area contributed by atoms with E-state index in [-0.39, 0.29) is 12.5 Å². The van der Waals surface area contributed by atoms with Gasteiger partial charge in [-0.15, -0.1) is 0 Å². The third kappa shape index (κ3) is 4.41. The van der Waals surface area contributed by atoms with Gasteiger partial charge < -0.3 is 10.1 Å². The van der Waals surface area contributed by atoms with Crippen LogP contribution in [0.25, 0.3) is 6.08 Å². The fourth-order valence-corrected chi connectivity index (χ4v) is 2.85. The van der Waals surface area contributed by atoms with Crippen LogP contribution in [-0.2, 0) is 19.1 Å². The van der Waals surface area contributed by atoms with Crippen LogP contribution in [0.1, 0.15) is 18.1 Å². The number of aryl methyl sites for hydroxylation is 1. The summed E-state index contributed by atoms with van der Waals surface area (Å²) >= 11 is 0. The molecule has 2 aromatic rings. The lowest BCUT2D eigenvalue weighted by Gasteiger charge is -2.30. The summed E-state index contributed by atoms with van der Waals surface area (Å²) in [6, 6.07) is 14.7. The van der Waals surface area contributed by atoms with Crippen molar-refractivity contribution >= 4 is 35.2 Å². The monoisotopic (exact) mass is 364 g/mol. The smallest absolute Gasteiger partial charge is 0.331 e. The summed E-state index contributed by atoms with van der Waals surface area (Å²) in [6.07, 6.45) is 1.91. The Kier molecular flexibility index (Phi) is 5.35. The lowest BCUT2D eigenvalue weighted by Crippen LogP contribution is -2.46. The summed E-state index contributed by atoms with van der Waals surface area (Å²) in [4.78, 5) is 37.9. The molecular formula is C21H20N2O4. The molecule has 1 aliphatic rings. The standard InChI is InChI=1S/C21H20N2O4/c1-14-6-5-7-16(12-14)10-11-20(25)27-15(2)21(26)23-13-19(24)22-17-8-3-4-9-18(17)23/h3-12,15H,13H2,1-2H3,(H,22,24)/b11-10+/t15-/m1/s1. The van der Waals surface area contributed by atoms with Gasteiger partial charge in [-0.3, -0.25) is 14.5 Å². The van der Waals surface area contributed by atoms with Gasteiger partial charge >= 0.3 is 5.97 Å². The number of hydrogen-bond donors (Lipinski definition) is 1. The highest BCUT2D eigenvalue weighted by molar-refractivity contribution is 6.11. The Morgan fingerprint density at radius 3 is 2.74 bits per heavy atom. The number of carbonyl (C=O) groups is 3. The van der Waals surface area contributed by atoms with Crippen molar-refractivity contribution in [2.24, 2.45) is 0 Å². The summed E-state index contributed by atoms with van der Waals surface area (Å²) in [5.74, 6) is -1.36. The summed E-state index contributed by atoms with van der Waals surface area (Å²) in [5, 5.41) is 2.72. The molecule has 1 aliphatic heterocycles. The average Bonchev–Trinajstić information content (AvgIpc) is 2.65. The van der Waals surface area contributed by atoms with Gasteiger partial charge in [0.05, 0.1) is 11.4 Å². The normalized spacial score (nSPS) is 14.4. The number of rotatable bonds is 4. The summed E-state index contributed by atoms with van der Waals surface area (Å²) in [7, 11) is 0. The molecule has 6 nitrogen and oxygen atoms in total. The van der Waals surface area contributed by atoms with Gasteiger partial charge in [0.2, 0.25) is 5.91 Å². The van der Waals surface area contributed by atoms with Crippen LogP contribution in [0, 0.1) is 6.92 Å². The number of nitrogens with zero attached hydrogens (tertiary/aromatic N) is 1. The van der Waals surface area contributed by atoms with Crippen molar-refractivity contribution in [1.29, 1.82) is 0 Å². The van der Waals surface area contributed by atoms with Gasteiger partial charge in [-0.05, 0) is 37.6 Å². The van der Waals surface area contributed by atoms with Gasteiger partial charge in [-0.1, -0.05) is 42.0 Å². The molecule has 0 radical (unpaired) electrons. The number of nitrogens with one attached hydrogen (secondary N) is 1. The Labute approximate surface area is 157 Å². The van der Waals surface area contributed by atoms with Crippen LogP contribution in [0.5, 0.6) is 0 Å². The molecule has 2 amide bonds. The third-order valence-electron chi connectivity index (χ3n) is 4.13. The molecule has 0 spiro atoms. The fourth-order valence-electron chi connectivity index (χ4n) is 2.85. The van der Waals surface area contributed by atoms with Crippen LogP contribution >= 0.6 is 0 Å². The number of carbonyl (C=O) groups excluding carboxylic acids is 3. The van der Waals surface area contributed by atoms with E-state index in [1.54, 1.807) is 30.3 Å². The lowest BCUT2D eigenvalue weighted by atomic mass is 10.1. The molecule has 0 unspecified atom stereocenters. The van der Waals surface area contributed by atoms with Crippen LogP contribution in [0.3, 0.4) is 0 Å². The van der Waals surface area contributed by atoms with Crippen molar-refractivity contribution in [3.8, 4) is 0 Å². The topological polar surface area (TPSA) is 75.7 Å². The molecule has 6 heteroatoms. The van der Waals surface area contributed by atoms with Crippen LogP contribution in [0.2, 0.25) is 0 Å². The highest BCUT2D eigenvalue weighted by atomic mass is 16.5. The number of fused-ring (bicyclic) bond motifs is 1. The zero-order chi connectivity index (χ0) is 19.4. The molecule has 0 aliphatic carbocycles. The Bertz CT molecular complexity index is 920. The van der Waals surface area contributed by atoms with Gasteiger partial charge in [0.1, 0.15) is 6.54 Å². The van der Waals surface area contributed by atoms with E-state index in [1.165, 1.54) is 17.9 Å². The molecule has 0 fully saturated rings. The van der Waals surface area contributed by atoms with E-state index in [4.69, 9.17) is 4.74 Å². The van der Waals surface area contributed by atoms with Gasteiger partial charge in [0, 0.05) is 6.08 Å². The molecule has 3 rings (SSSR count). The number of ether oxygens (including phenoxy) is 1. The predicted octanol–water partition coefficient (Wildman–Crippen LogP) is 2.93. The molecule has 1 atom stereocenters. The molecular weight excluding hydrogens is 344 g/mol. The van der Waals surface area contributed by atoms with Crippen LogP contribution < -0.4 is 10.2 Å². The second-order valence-corrected chi connectivity index (χ2v) is 6.32. The first-order valence-electron chi connectivity index (χ1n) is 8.59. The van der Waals surface area contributed by atoms with Gasteiger partial charge in [-0.25, -0.2) is 4.79 Å². The van der Waals surface area contributed by atoms with E-state index in [2.05, 4.69) is 5.32 Å². The molecule has 138 valence electrons.